The van der Waals surface area contributed by atoms with E-state index in [-0.39, 0.29) is 0 Å². The number of para-hydroxylation sites is 1. The summed E-state index contributed by atoms with van der Waals surface area (Å²) < 4.78 is 0. The maximum absolute atomic E-state index is 9.73. The number of hydrogen-bond donors (Lipinski definition) is 2. The molecule has 2 aromatic rings. The molecule has 0 heterocycles. The third kappa shape index (κ3) is 3.19. The second-order valence-corrected chi connectivity index (χ2v) is 4.88. The Morgan fingerprint density at radius 1 is 1.11 bits per heavy atom. The average Bonchev–Trinajstić information content (AvgIpc) is 2.39. The average molecular weight is 256 g/mol. The van der Waals surface area contributed by atoms with E-state index in [1.54, 1.807) is 6.07 Å². The smallest absolute Gasteiger partial charge is 0.120 e. The summed E-state index contributed by atoms with van der Waals surface area (Å²) in [5.74, 6) is 0.329. The fourth-order valence-corrected chi connectivity index (χ4v) is 2.06. The fraction of sp³-hybridized carbons (Fsp3) is 0.250. The summed E-state index contributed by atoms with van der Waals surface area (Å²) in [5, 5.41) is 13.1. The highest BCUT2D eigenvalue weighted by Crippen LogP contribution is 2.24. The number of phenols is 1. The number of nitrogens with zero attached hydrogens (tertiary/aromatic N) is 1. The molecule has 100 valence electrons. The lowest BCUT2D eigenvalue weighted by molar-refractivity contribution is 0.469. The molecule has 0 spiro atoms. The highest BCUT2D eigenvalue weighted by Gasteiger charge is 2.03. The van der Waals surface area contributed by atoms with Gasteiger partial charge in [0.05, 0.1) is 0 Å². The number of benzene rings is 2. The fourth-order valence-electron chi connectivity index (χ4n) is 2.06. The molecule has 0 aliphatic heterocycles. The molecule has 0 saturated heterocycles. The van der Waals surface area contributed by atoms with Crippen molar-refractivity contribution >= 4 is 11.4 Å². The summed E-state index contributed by atoms with van der Waals surface area (Å²) in [6.07, 6.45) is 0. The van der Waals surface area contributed by atoms with Crippen LogP contribution in [-0.2, 0) is 6.54 Å². The van der Waals surface area contributed by atoms with Gasteiger partial charge in [0.25, 0.3) is 0 Å². The molecule has 0 aromatic heterocycles. The Morgan fingerprint density at radius 3 is 2.53 bits per heavy atom. The maximum atomic E-state index is 9.73. The van der Waals surface area contributed by atoms with Gasteiger partial charge in [-0.2, -0.15) is 0 Å². The van der Waals surface area contributed by atoms with Crippen LogP contribution in [0.4, 0.5) is 11.4 Å². The largest absolute Gasteiger partial charge is 0.508 e. The van der Waals surface area contributed by atoms with Crippen molar-refractivity contribution in [2.75, 3.05) is 24.3 Å². The van der Waals surface area contributed by atoms with Crippen LogP contribution in [0, 0.1) is 6.92 Å². The molecule has 19 heavy (non-hydrogen) atoms. The number of anilines is 2. The van der Waals surface area contributed by atoms with Gasteiger partial charge in [0, 0.05) is 37.6 Å². The van der Waals surface area contributed by atoms with Crippen LogP contribution in [0.25, 0.3) is 0 Å². The number of phenolic OH excluding ortho intramolecular Hbond substituents is 1. The first-order chi connectivity index (χ1) is 9.08. The Morgan fingerprint density at radius 2 is 1.84 bits per heavy atom. The predicted molar refractivity (Wildman–Crippen MR) is 80.9 cm³/mol. The minimum Gasteiger partial charge on any atom is -0.508 e. The molecule has 0 unspecified atom stereocenters. The number of aromatic hydroxyl groups is 1. The molecule has 0 amide bonds. The first-order valence-electron chi connectivity index (χ1n) is 6.36. The Balaban J connectivity index is 2.12. The lowest BCUT2D eigenvalue weighted by Crippen LogP contribution is -2.11. The van der Waals surface area contributed by atoms with E-state index >= 15 is 0 Å². The second-order valence-electron chi connectivity index (χ2n) is 4.88. The van der Waals surface area contributed by atoms with Gasteiger partial charge in [0.1, 0.15) is 5.75 Å². The van der Waals surface area contributed by atoms with Crippen LogP contribution in [0.1, 0.15) is 11.1 Å². The Hall–Kier alpha value is -2.16. The molecular weight excluding hydrogens is 236 g/mol. The molecule has 0 fully saturated rings. The minimum atomic E-state index is 0.329. The van der Waals surface area contributed by atoms with Crippen LogP contribution in [0.3, 0.4) is 0 Å². The number of rotatable bonds is 4. The van der Waals surface area contributed by atoms with E-state index < -0.39 is 0 Å². The zero-order valence-corrected chi connectivity index (χ0v) is 11.6. The van der Waals surface area contributed by atoms with Gasteiger partial charge >= 0.3 is 0 Å². The second kappa shape index (κ2) is 5.65. The lowest BCUT2D eigenvalue weighted by atomic mass is 10.1. The van der Waals surface area contributed by atoms with E-state index in [4.69, 9.17) is 0 Å². The molecule has 0 bridgehead atoms. The molecular formula is C16H20N2O. The first kappa shape index (κ1) is 13.3. The van der Waals surface area contributed by atoms with Crippen LogP contribution >= 0.6 is 0 Å². The van der Waals surface area contributed by atoms with Crippen LogP contribution in [-0.4, -0.2) is 19.2 Å². The lowest BCUT2D eigenvalue weighted by Gasteiger charge is -2.17. The number of aryl methyl sites for hydroxylation is 1. The Kier molecular flexibility index (Phi) is 3.95. The zero-order chi connectivity index (χ0) is 13.8. The van der Waals surface area contributed by atoms with Gasteiger partial charge in [0.15, 0.2) is 0 Å². The summed E-state index contributed by atoms with van der Waals surface area (Å²) in [6.45, 7) is 2.71. The van der Waals surface area contributed by atoms with E-state index in [9.17, 15) is 5.11 Å². The van der Waals surface area contributed by atoms with Crippen molar-refractivity contribution in [3.63, 3.8) is 0 Å². The van der Waals surface area contributed by atoms with Crippen LogP contribution in [0.2, 0.25) is 0 Å². The third-order valence-corrected chi connectivity index (χ3v) is 3.17. The summed E-state index contributed by atoms with van der Waals surface area (Å²) in [6, 6.07) is 13.7. The van der Waals surface area contributed by atoms with Gasteiger partial charge in [-0.1, -0.05) is 24.3 Å². The van der Waals surface area contributed by atoms with E-state index in [0.717, 1.165) is 11.3 Å². The highest BCUT2D eigenvalue weighted by molar-refractivity contribution is 5.62. The summed E-state index contributed by atoms with van der Waals surface area (Å²) in [4.78, 5) is 2.10. The molecule has 3 nitrogen and oxygen atoms in total. The van der Waals surface area contributed by atoms with Crippen LogP contribution < -0.4 is 10.2 Å². The summed E-state index contributed by atoms with van der Waals surface area (Å²) >= 11 is 0. The monoisotopic (exact) mass is 256 g/mol. The van der Waals surface area contributed by atoms with E-state index in [0.29, 0.717) is 12.3 Å². The summed E-state index contributed by atoms with van der Waals surface area (Å²) in [5.41, 5.74) is 4.40. The molecule has 2 N–H and O–H groups in total. The Labute approximate surface area is 114 Å². The van der Waals surface area contributed by atoms with Crippen molar-refractivity contribution in [1.82, 2.24) is 0 Å². The standard InChI is InChI=1S/C16H20N2O/c1-12-8-9-14(10-15(12)18(2)3)17-11-13-6-4-5-7-16(13)19/h4-10,17,19H,11H2,1-3H3. The molecule has 3 heteroatoms. The van der Waals surface area contributed by atoms with Crippen molar-refractivity contribution in [1.29, 1.82) is 0 Å². The highest BCUT2D eigenvalue weighted by atomic mass is 16.3. The number of nitrogens with one attached hydrogen (secondary N) is 1. The molecule has 0 radical (unpaired) electrons. The molecule has 0 atom stereocenters. The maximum Gasteiger partial charge on any atom is 0.120 e. The third-order valence-electron chi connectivity index (χ3n) is 3.17. The van der Waals surface area contributed by atoms with Gasteiger partial charge < -0.3 is 15.3 Å². The predicted octanol–water partition coefficient (Wildman–Crippen LogP) is 3.38. The molecule has 2 aromatic carbocycles. The quantitative estimate of drug-likeness (QED) is 0.880. The number of hydrogen-bond acceptors (Lipinski definition) is 3. The van der Waals surface area contributed by atoms with E-state index in [1.165, 1.54) is 11.3 Å². The van der Waals surface area contributed by atoms with Crippen molar-refractivity contribution in [2.24, 2.45) is 0 Å². The van der Waals surface area contributed by atoms with Crippen molar-refractivity contribution < 1.29 is 5.11 Å². The van der Waals surface area contributed by atoms with Gasteiger partial charge in [-0.3, -0.25) is 0 Å². The Bertz CT molecular complexity index is 564. The molecule has 0 aliphatic rings. The van der Waals surface area contributed by atoms with Gasteiger partial charge in [-0.25, -0.2) is 0 Å². The van der Waals surface area contributed by atoms with Crippen LogP contribution in [0.5, 0.6) is 5.75 Å². The van der Waals surface area contributed by atoms with E-state index in [2.05, 4.69) is 35.3 Å². The van der Waals surface area contributed by atoms with Gasteiger partial charge in [-0.15, -0.1) is 0 Å². The summed E-state index contributed by atoms with van der Waals surface area (Å²) in [7, 11) is 4.07. The van der Waals surface area contributed by atoms with E-state index in [1.807, 2.05) is 32.3 Å². The van der Waals surface area contributed by atoms with Crippen molar-refractivity contribution in [3.8, 4) is 5.75 Å². The van der Waals surface area contributed by atoms with Gasteiger partial charge in [-0.05, 0) is 30.7 Å². The normalized spacial score (nSPS) is 10.3. The van der Waals surface area contributed by atoms with Crippen molar-refractivity contribution in [2.45, 2.75) is 13.5 Å². The topological polar surface area (TPSA) is 35.5 Å². The SMILES string of the molecule is Cc1ccc(NCc2ccccc2O)cc1N(C)C. The van der Waals surface area contributed by atoms with Crippen molar-refractivity contribution in [3.05, 3.63) is 53.6 Å². The molecule has 2 rings (SSSR count). The molecule has 0 saturated carbocycles. The van der Waals surface area contributed by atoms with Crippen LogP contribution in [0.15, 0.2) is 42.5 Å². The first-order valence-corrected chi connectivity index (χ1v) is 6.36. The molecule has 0 aliphatic carbocycles. The zero-order valence-electron chi connectivity index (χ0n) is 11.6. The van der Waals surface area contributed by atoms with Gasteiger partial charge in [0.2, 0.25) is 0 Å². The minimum absolute atomic E-state index is 0.329.